The zero-order valence-corrected chi connectivity index (χ0v) is 15.2. The molecule has 1 heterocycles. The molecule has 0 spiro atoms. The van der Waals surface area contributed by atoms with Gasteiger partial charge in [-0.3, -0.25) is 14.4 Å². The molecule has 0 radical (unpaired) electrons. The molecule has 0 saturated heterocycles. The van der Waals surface area contributed by atoms with Gasteiger partial charge in [0.2, 0.25) is 5.91 Å². The first kappa shape index (κ1) is 20.6. The lowest BCUT2D eigenvalue weighted by Gasteiger charge is -2.08. The third kappa shape index (κ3) is 7.79. The Hall–Kier alpha value is -2.42. The van der Waals surface area contributed by atoms with Gasteiger partial charge >= 0.3 is 11.9 Å². The van der Waals surface area contributed by atoms with Gasteiger partial charge in [-0.25, -0.2) is 4.79 Å². The predicted molar refractivity (Wildman–Crippen MR) is 92.3 cm³/mol. The minimum Gasteiger partial charge on any atom is -0.465 e. The molecule has 25 heavy (non-hydrogen) atoms. The average molecular weight is 370 g/mol. The molecule has 2 N–H and O–H groups in total. The lowest BCUT2D eigenvalue weighted by molar-refractivity contribution is -0.147. The predicted octanol–water partition coefficient (Wildman–Crippen LogP) is 1.57. The van der Waals surface area contributed by atoms with Crippen molar-refractivity contribution in [3.8, 4) is 0 Å². The molecule has 2 amide bonds. The van der Waals surface area contributed by atoms with Crippen LogP contribution < -0.4 is 10.6 Å². The summed E-state index contributed by atoms with van der Waals surface area (Å²) < 4.78 is 9.38. The number of anilines is 1. The van der Waals surface area contributed by atoms with Gasteiger partial charge in [0.05, 0.1) is 12.8 Å². The maximum atomic E-state index is 11.8. The number of nitrogens with one attached hydrogen (secondary N) is 2. The van der Waals surface area contributed by atoms with Crippen LogP contribution >= 0.6 is 11.3 Å². The van der Waals surface area contributed by atoms with E-state index >= 15 is 0 Å². The van der Waals surface area contributed by atoms with E-state index in [0.29, 0.717) is 18.0 Å². The maximum absolute atomic E-state index is 11.8. The molecular weight excluding hydrogens is 348 g/mol. The first-order valence-electron chi connectivity index (χ1n) is 7.71. The molecule has 0 aliphatic heterocycles. The highest BCUT2D eigenvalue weighted by Crippen LogP contribution is 2.22. The van der Waals surface area contributed by atoms with Crippen molar-refractivity contribution in [1.82, 2.24) is 5.32 Å². The second-order valence-electron chi connectivity index (χ2n) is 5.57. The molecule has 138 valence electrons. The van der Waals surface area contributed by atoms with Crippen LogP contribution in [0.2, 0.25) is 0 Å². The molecule has 0 saturated carbocycles. The fourth-order valence-electron chi connectivity index (χ4n) is 1.72. The summed E-state index contributed by atoms with van der Waals surface area (Å²) in [6, 6.07) is 1.55. The van der Waals surface area contributed by atoms with Gasteiger partial charge in [-0.1, -0.05) is 13.8 Å². The van der Waals surface area contributed by atoms with Gasteiger partial charge in [0.1, 0.15) is 11.4 Å². The lowest BCUT2D eigenvalue weighted by atomic mass is 10.1. The number of ether oxygens (including phenoxy) is 2. The number of thiophene rings is 1. The van der Waals surface area contributed by atoms with Gasteiger partial charge in [0, 0.05) is 6.42 Å². The Bertz CT molecular complexity index is 626. The van der Waals surface area contributed by atoms with E-state index in [1.54, 1.807) is 11.4 Å². The van der Waals surface area contributed by atoms with E-state index < -0.39 is 24.5 Å². The molecule has 0 atom stereocenters. The van der Waals surface area contributed by atoms with Gasteiger partial charge in [-0.15, -0.1) is 11.3 Å². The van der Waals surface area contributed by atoms with Crippen molar-refractivity contribution < 1.29 is 28.7 Å². The van der Waals surface area contributed by atoms with Crippen molar-refractivity contribution in [2.45, 2.75) is 26.7 Å². The molecule has 0 aliphatic rings. The van der Waals surface area contributed by atoms with Crippen LogP contribution in [0.5, 0.6) is 0 Å². The largest absolute Gasteiger partial charge is 0.465 e. The number of carbonyl (C=O) groups excluding carboxylic acids is 4. The summed E-state index contributed by atoms with van der Waals surface area (Å²) in [6.07, 6.45) is 1.06. The van der Waals surface area contributed by atoms with E-state index in [1.165, 1.54) is 7.11 Å². The third-order valence-corrected chi connectivity index (χ3v) is 3.95. The highest BCUT2D eigenvalue weighted by Gasteiger charge is 2.16. The van der Waals surface area contributed by atoms with Crippen molar-refractivity contribution in [3.63, 3.8) is 0 Å². The molecule has 0 unspecified atom stereocenters. The Morgan fingerprint density at radius 2 is 1.92 bits per heavy atom. The number of amides is 2. The summed E-state index contributed by atoms with van der Waals surface area (Å²) in [5.74, 6) is -1.72. The van der Waals surface area contributed by atoms with E-state index in [4.69, 9.17) is 4.74 Å². The van der Waals surface area contributed by atoms with Gasteiger partial charge in [-0.2, -0.15) is 0 Å². The number of hydrogen-bond donors (Lipinski definition) is 2. The number of carbonyl (C=O) groups is 4. The highest BCUT2D eigenvalue weighted by atomic mass is 32.1. The van der Waals surface area contributed by atoms with Crippen LogP contribution in [0.25, 0.3) is 0 Å². The zero-order chi connectivity index (χ0) is 18.8. The monoisotopic (exact) mass is 370 g/mol. The zero-order valence-electron chi connectivity index (χ0n) is 14.4. The molecule has 1 aromatic rings. The molecule has 0 bridgehead atoms. The third-order valence-electron chi connectivity index (χ3n) is 3.05. The SMILES string of the molecule is COC(=O)c1sccc1NC(=O)COC(=O)CNC(=O)CCC(C)C. The van der Waals surface area contributed by atoms with E-state index in [-0.39, 0.29) is 17.3 Å². The van der Waals surface area contributed by atoms with Crippen LogP contribution in [0.1, 0.15) is 36.4 Å². The number of esters is 2. The van der Waals surface area contributed by atoms with Crippen molar-refractivity contribution in [2.24, 2.45) is 5.92 Å². The van der Waals surface area contributed by atoms with E-state index in [1.807, 2.05) is 13.8 Å². The van der Waals surface area contributed by atoms with Crippen LogP contribution in [0, 0.1) is 5.92 Å². The van der Waals surface area contributed by atoms with E-state index in [2.05, 4.69) is 15.4 Å². The van der Waals surface area contributed by atoms with Crippen LogP contribution in [0.4, 0.5) is 5.69 Å². The first-order valence-corrected chi connectivity index (χ1v) is 8.59. The first-order chi connectivity index (χ1) is 11.8. The molecule has 0 aromatic carbocycles. The normalized spacial score (nSPS) is 10.2. The lowest BCUT2D eigenvalue weighted by Crippen LogP contribution is -2.32. The summed E-state index contributed by atoms with van der Waals surface area (Å²) >= 11 is 1.12. The average Bonchev–Trinajstić information content (AvgIpc) is 3.03. The van der Waals surface area contributed by atoms with Crippen LogP contribution in [-0.2, 0) is 23.9 Å². The van der Waals surface area contributed by atoms with Crippen molar-refractivity contribution in [3.05, 3.63) is 16.3 Å². The smallest absolute Gasteiger partial charge is 0.350 e. The molecule has 1 aromatic heterocycles. The summed E-state index contributed by atoms with van der Waals surface area (Å²) in [6.45, 7) is 3.19. The summed E-state index contributed by atoms with van der Waals surface area (Å²) in [5.41, 5.74) is 0.292. The number of rotatable bonds is 9. The van der Waals surface area contributed by atoms with Crippen LogP contribution in [0.3, 0.4) is 0 Å². The van der Waals surface area contributed by atoms with E-state index in [9.17, 15) is 19.2 Å². The standard InChI is InChI=1S/C16H22N2O6S/c1-10(2)4-5-12(19)17-8-14(21)24-9-13(20)18-11-6-7-25-15(11)16(22)23-3/h6-7,10H,4-5,8-9H2,1-3H3,(H,17,19)(H,18,20). The fraction of sp³-hybridized carbons (Fsp3) is 0.500. The summed E-state index contributed by atoms with van der Waals surface area (Å²) in [7, 11) is 1.24. The molecular formula is C16H22N2O6S. The minimum atomic E-state index is -0.716. The Labute approximate surface area is 149 Å². The van der Waals surface area contributed by atoms with Gasteiger partial charge in [-0.05, 0) is 23.8 Å². The van der Waals surface area contributed by atoms with Crippen molar-refractivity contribution in [1.29, 1.82) is 0 Å². The minimum absolute atomic E-state index is 0.240. The number of hydrogen-bond acceptors (Lipinski definition) is 7. The summed E-state index contributed by atoms with van der Waals surface area (Å²) in [5, 5.41) is 6.52. The quantitative estimate of drug-likeness (QED) is 0.638. The van der Waals surface area contributed by atoms with Crippen molar-refractivity contribution in [2.75, 3.05) is 25.6 Å². The van der Waals surface area contributed by atoms with E-state index in [0.717, 1.165) is 17.8 Å². The molecule has 1 rings (SSSR count). The second kappa shape index (κ2) is 10.4. The topological polar surface area (TPSA) is 111 Å². The Morgan fingerprint density at radius 3 is 2.56 bits per heavy atom. The van der Waals surface area contributed by atoms with Gasteiger partial charge < -0.3 is 20.1 Å². The Balaban J connectivity index is 2.32. The summed E-state index contributed by atoms with van der Waals surface area (Å²) in [4.78, 5) is 46.5. The Kier molecular flexibility index (Phi) is 8.62. The second-order valence-corrected chi connectivity index (χ2v) is 6.49. The van der Waals surface area contributed by atoms with Crippen LogP contribution in [-0.4, -0.2) is 44.0 Å². The molecule has 0 aliphatic carbocycles. The highest BCUT2D eigenvalue weighted by molar-refractivity contribution is 7.12. The number of methoxy groups -OCH3 is 1. The van der Waals surface area contributed by atoms with Gasteiger partial charge in [0.15, 0.2) is 6.61 Å². The fourth-order valence-corrected chi connectivity index (χ4v) is 2.49. The van der Waals surface area contributed by atoms with Crippen LogP contribution in [0.15, 0.2) is 11.4 Å². The maximum Gasteiger partial charge on any atom is 0.350 e. The molecule has 9 heteroatoms. The van der Waals surface area contributed by atoms with Crippen molar-refractivity contribution >= 4 is 40.8 Å². The van der Waals surface area contributed by atoms with Gasteiger partial charge in [0.25, 0.3) is 5.91 Å². The molecule has 0 fully saturated rings. The Morgan fingerprint density at radius 1 is 1.20 bits per heavy atom. The molecule has 8 nitrogen and oxygen atoms in total.